The summed E-state index contributed by atoms with van der Waals surface area (Å²) in [7, 11) is 0. The number of aromatic nitrogens is 2. The number of amides is 1. The maximum atomic E-state index is 13.6. The molecule has 0 atom stereocenters. The molecule has 33 heavy (non-hydrogen) atoms. The van der Waals surface area contributed by atoms with Crippen molar-refractivity contribution in [3.63, 3.8) is 0 Å². The number of thiazole rings is 1. The van der Waals surface area contributed by atoms with Crippen LogP contribution in [0, 0.1) is 5.92 Å². The van der Waals surface area contributed by atoms with E-state index in [9.17, 15) is 9.59 Å². The molecule has 3 aromatic heterocycles. The Hall–Kier alpha value is -2.97. The summed E-state index contributed by atoms with van der Waals surface area (Å²) >= 11 is 1.47. The quantitative estimate of drug-likeness (QED) is 0.439. The fourth-order valence-corrected chi connectivity index (χ4v) is 5.88. The third-order valence-electron chi connectivity index (χ3n) is 6.71. The number of benzene rings is 1. The van der Waals surface area contributed by atoms with E-state index in [0.29, 0.717) is 28.3 Å². The second-order valence-corrected chi connectivity index (χ2v) is 10.2. The third kappa shape index (κ3) is 3.87. The molecule has 0 bridgehead atoms. The van der Waals surface area contributed by atoms with Crippen LogP contribution in [0.3, 0.4) is 0 Å². The Morgan fingerprint density at radius 1 is 1.18 bits per heavy atom. The Morgan fingerprint density at radius 3 is 2.82 bits per heavy atom. The molecule has 4 aromatic rings. The molecule has 7 nitrogen and oxygen atoms in total. The molecule has 6 rings (SSSR count). The van der Waals surface area contributed by atoms with Crippen molar-refractivity contribution in [2.45, 2.75) is 25.7 Å². The molecule has 8 heteroatoms. The lowest BCUT2D eigenvalue weighted by Crippen LogP contribution is -2.35. The van der Waals surface area contributed by atoms with Gasteiger partial charge in [-0.3, -0.25) is 14.0 Å². The molecule has 2 N–H and O–H groups in total. The van der Waals surface area contributed by atoms with Gasteiger partial charge in [0.1, 0.15) is 16.0 Å². The highest BCUT2D eigenvalue weighted by Gasteiger charge is 2.24. The van der Waals surface area contributed by atoms with E-state index >= 15 is 0 Å². The SMILES string of the molecule is O=C(NCCN1CCCC1)c1c(=O)c2cc(NCC3CC3)cnc2n2c1sc1ccccc12. The maximum Gasteiger partial charge on any atom is 0.258 e. The second-order valence-electron chi connectivity index (χ2n) is 9.14. The van der Waals surface area contributed by atoms with Crippen LogP contribution in [0.15, 0.2) is 41.3 Å². The van der Waals surface area contributed by atoms with Crippen LogP contribution in [-0.2, 0) is 0 Å². The van der Waals surface area contributed by atoms with Gasteiger partial charge in [0, 0.05) is 19.6 Å². The normalized spacial score (nSPS) is 16.7. The minimum atomic E-state index is -0.304. The molecule has 1 saturated carbocycles. The summed E-state index contributed by atoms with van der Waals surface area (Å²) in [5.41, 5.74) is 2.34. The average molecular weight is 462 g/mol. The molecule has 1 aromatic carbocycles. The van der Waals surface area contributed by atoms with E-state index < -0.39 is 0 Å². The maximum absolute atomic E-state index is 13.6. The average Bonchev–Trinajstić information content (AvgIpc) is 3.36. The van der Waals surface area contributed by atoms with E-state index in [-0.39, 0.29) is 16.9 Å². The van der Waals surface area contributed by atoms with E-state index in [1.54, 1.807) is 6.20 Å². The number of rotatable bonds is 7. The van der Waals surface area contributed by atoms with Crippen molar-refractivity contribution in [1.82, 2.24) is 19.6 Å². The zero-order valence-electron chi connectivity index (χ0n) is 18.5. The summed E-state index contributed by atoms with van der Waals surface area (Å²) in [6.45, 7) is 4.40. The van der Waals surface area contributed by atoms with Gasteiger partial charge in [-0.25, -0.2) is 4.98 Å². The van der Waals surface area contributed by atoms with Crippen molar-refractivity contribution in [2.75, 3.05) is 38.0 Å². The Bertz CT molecular complexity index is 1420. The number of fused-ring (bicyclic) bond motifs is 5. The molecule has 1 amide bonds. The van der Waals surface area contributed by atoms with Crippen LogP contribution < -0.4 is 16.1 Å². The van der Waals surface area contributed by atoms with E-state index in [0.717, 1.165) is 42.1 Å². The van der Waals surface area contributed by atoms with Gasteiger partial charge in [0.05, 0.1) is 27.5 Å². The number of hydrogen-bond donors (Lipinski definition) is 2. The molecule has 170 valence electrons. The molecule has 2 aliphatic rings. The van der Waals surface area contributed by atoms with E-state index in [2.05, 4.69) is 20.5 Å². The van der Waals surface area contributed by atoms with Crippen molar-refractivity contribution in [3.05, 3.63) is 52.3 Å². The first-order valence-electron chi connectivity index (χ1n) is 11.8. The standard InChI is InChI=1S/C25H27N5O2S/c31-22-18-13-17(27-14-16-7-8-16)15-28-23(18)30-19-5-1-2-6-20(19)33-25(30)21(22)24(32)26-9-12-29-10-3-4-11-29/h1-2,5-6,13,15-16,27H,3-4,7-12,14H2,(H,26,32). The first kappa shape index (κ1) is 20.6. The van der Waals surface area contributed by atoms with Gasteiger partial charge in [0.25, 0.3) is 5.91 Å². The van der Waals surface area contributed by atoms with Crippen LogP contribution in [0.5, 0.6) is 0 Å². The number of nitrogens with zero attached hydrogens (tertiary/aromatic N) is 3. The van der Waals surface area contributed by atoms with Crippen LogP contribution in [0.25, 0.3) is 26.1 Å². The smallest absolute Gasteiger partial charge is 0.258 e. The molecular weight excluding hydrogens is 434 g/mol. The van der Waals surface area contributed by atoms with Crippen LogP contribution in [0.4, 0.5) is 5.69 Å². The molecular formula is C25H27N5O2S. The van der Waals surface area contributed by atoms with Crippen molar-refractivity contribution >= 4 is 49.0 Å². The Kier molecular flexibility index (Phi) is 5.27. The summed E-state index contributed by atoms with van der Waals surface area (Å²) in [5.74, 6) is 0.406. The largest absolute Gasteiger partial charge is 0.384 e. The molecule has 0 unspecified atom stereocenters. The number of likely N-dealkylation sites (tertiary alicyclic amines) is 1. The van der Waals surface area contributed by atoms with Gasteiger partial charge in [0.2, 0.25) is 5.43 Å². The first-order chi connectivity index (χ1) is 16.2. The van der Waals surface area contributed by atoms with E-state index in [4.69, 9.17) is 0 Å². The van der Waals surface area contributed by atoms with E-state index in [1.807, 2.05) is 34.7 Å². The van der Waals surface area contributed by atoms with Gasteiger partial charge in [-0.2, -0.15) is 0 Å². The predicted octanol–water partition coefficient (Wildman–Crippen LogP) is 3.71. The third-order valence-corrected chi connectivity index (χ3v) is 7.86. The Labute approximate surface area is 195 Å². The molecule has 1 saturated heterocycles. The summed E-state index contributed by atoms with van der Waals surface area (Å²) < 4.78 is 2.99. The number of carbonyl (C=O) groups excluding carboxylic acids is 1. The Balaban J connectivity index is 1.44. The minimum absolute atomic E-state index is 0.214. The van der Waals surface area contributed by atoms with Gasteiger partial charge in [-0.1, -0.05) is 12.1 Å². The molecule has 2 fully saturated rings. The fourth-order valence-electron chi connectivity index (χ4n) is 4.70. The van der Waals surface area contributed by atoms with Crippen molar-refractivity contribution in [1.29, 1.82) is 0 Å². The molecule has 0 radical (unpaired) electrons. The number of carbonyl (C=O) groups is 1. The lowest BCUT2D eigenvalue weighted by molar-refractivity contribution is 0.0950. The van der Waals surface area contributed by atoms with Crippen LogP contribution in [-0.4, -0.2) is 52.9 Å². The summed E-state index contributed by atoms with van der Waals surface area (Å²) in [4.78, 5) is 34.6. The molecule has 1 aliphatic carbocycles. The highest BCUT2D eigenvalue weighted by Crippen LogP contribution is 2.32. The van der Waals surface area contributed by atoms with Crippen molar-refractivity contribution in [2.24, 2.45) is 5.92 Å². The fraction of sp³-hybridized carbons (Fsp3) is 0.400. The monoisotopic (exact) mass is 461 g/mol. The number of para-hydroxylation sites is 1. The van der Waals surface area contributed by atoms with Crippen LogP contribution >= 0.6 is 11.3 Å². The molecule has 1 aliphatic heterocycles. The summed E-state index contributed by atoms with van der Waals surface area (Å²) in [6.07, 6.45) is 6.72. The van der Waals surface area contributed by atoms with Gasteiger partial charge >= 0.3 is 0 Å². The van der Waals surface area contributed by atoms with Crippen LogP contribution in [0.2, 0.25) is 0 Å². The topological polar surface area (TPSA) is 78.7 Å². The number of anilines is 1. The van der Waals surface area contributed by atoms with Gasteiger partial charge < -0.3 is 15.5 Å². The molecule has 0 spiro atoms. The minimum Gasteiger partial charge on any atom is -0.384 e. The Morgan fingerprint density at radius 2 is 2.00 bits per heavy atom. The number of nitrogens with one attached hydrogen (secondary N) is 2. The van der Waals surface area contributed by atoms with Crippen LogP contribution in [0.1, 0.15) is 36.0 Å². The zero-order valence-corrected chi connectivity index (χ0v) is 19.3. The summed E-state index contributed by atoms with van der Waals surface area (Å²) in [6, 6.07) is 9.83. The van der Waals surface area contributed by atoms with Crippen molar-refractivity contribution in [3.8, 4) is 0 Å². The molecule has 4 heterocycles. The van der Waals surface area contributed by atoms with E-state index in [1.165, 1.54) is 37.0 Å². The highest BCUT2D eigenvalue weighted by molar-refractivity contribution is 7.24. The lowest BCUT2D eigenvalue weighted by Gasteiger charge is -2.15. The summed E-state index contributed by atoms with van der Waals surface area (Å²) in [5, 5.41) is 6.89. The van der Waals surface area contributed by atoms with Gasteiger partial charge in [-0.15, -0.1) is 11.3 Å². The first-order valence-corrected chi connectivity index (χ1v) is 12.6. The van der Waals surface area contributed by atoms with Gasteiger partial charge in [0.15, 0.2) is 0 Å². The predicted molar refractivity (Wildman–Crippen MR) is 134 cm³/mol. The number of pyridine rings is 2. The lowest BCUT2D eigenvalue weighted by atomic mass is 10.1. The zero-order chi connectivity index (χ0) is 22.4. The highest BCUT2D eigenvalue weighted by atomic mass is 32.1. The second kappa shape index (κ2) is 8.43. The van der Waals surface area contributed by atoms with Gasteiger partial charge in [-0.05, 0) is 62.9 Å². The van der Waals surface area contributed by atoms with Crippen molar-refractivity contribution < 1.29 is 4.79 Å². The number of hydrogen-bond acceptors (Lipinski definition) is 6.